The Morgan fingerprint density at radius 3 is 2.54 bits per heavy atom. The summed E-state index contributed by atoms with van der Waals surface area (Å²) in [5.74, 6) is 0.527. The smallest absolute Gasteiger partial charge is 0.156 e. The van der Waals surface area contributed by atoms with E-state index in [0.29, 0.717) is 17.2 Å². The first-order valence-corrected chi connectivity index (χ1v) is 10.2. The molecule has 3 rings (SSSR count). The molecule has 0 spiro atoms. The van der Waals surface area contributed by atoms with Crippen LogP contribution in [0.3, 0.4) is 0 Å². The summed E-state index contributed by atoms with van der Waals surface area (Å²) < 4.78 is 17.0. The second-order valence-corrected chi connectivity index (χ2v) is 7.90. The highest BCUT2D eigenvalue weighted by Gasteiger charge is 2.33. The molecule has 0 bridgehead atoms. The standard InChI is InChI=1S/C20H20ClN3OS/c1-3-20(14-22,15-8-10-16(21)11-9-15)24-13-12-17-18(23-26(25)4-2)6-5-7-19(17)24/h5-13,23H,3-4H2,1-2H3. The van der Waals surface area contributed by atoms with Gasteiger partial charge in [-0.25, -0.2) is 4.21 Å². The van der Waals surface area contributed by atoms with Crippen molar-refractivity contribution >= 4 is 39.2 Å². The number of anilines is 1. The third-order valence-corrected chi connectivity index (χ3v) is 5.87. The van der Waals surface area contributed by atoms with Gasteiger partial charge < -0.3 is 9.29 Å². The van der Waals surface area contributed by atoms with Crippen molar-refractivity contribution in [1.82, 2.24) is 4.57 Å². The number of rotatable bonds is 6. The van der Waals surface area contributed by atoms with Crippen LogP contribution in [0.5, 0.6) is 0 Å². The minimum Gasteiger partial charge on any atom is -0.324 e. The van der Waals surface area contributed by atoms with Gasteiger partial charge in [0.1, 0.15) is 11.0 Å². The van der Waals surface area contributed by atoms with Crippen molar-refractivity contribution in [3.05, 3.63) is 65.3 Å². The van der Waals surface area contributed by atoms with E-state index in [1.165, 1.54) is 0 Å². The molecule has 6 heteroatoms. The summed E-state index contributed by atoms with van der Waals surface area (Å²) in [4.78, 5) is 0. The van der Waals surface area contributed by atoms with Crippen LogP contribution in [-0.4, -0.2) is 14.5 Å². The van der Waals surface area contributed by atoms with E-state index in [1.54, 1.807) is 0 Å². The summed E-state index contributed by atoms with van der Waals surface area (Å²) >= 11 is 6.02. The first-order chi connectivity index (χ1) is 12.6. The third kappa shape index (κ3) is 3.11. The van der Waals surface area contributed by atoms with E-state index < -0.39 is 16.5 Å². The van der Waals surface area contributed by atoms with Crippen LogP contribution in [0.25, 0.3) is 10.9 Å². The lowest BCUT2D eigenvalue weighted by Crippen LogP contribution is -2.32. The van der Waals surface area contributed by atoms with Crippen LogP contribution >= 0.6 is 11.6 Å². The highest BCUT2D eigenvalue weighted by molar-refractivity contribution is 7.86. The lowest BCUT2D eigenvalue weighted by Gasteiger charge is -2.29. The van der Waals surface area contributed by atoms with Crippen molar-refractivity contribution in [1.29, 1.82) is 5.26 Å². The lowest BCUT2D eigenvalue weighted by molar-refractivity contribution is 0.459. The van der Waals surface area contributed by atoms with Crippen LogP contribution in [0.2, 0.25) is 5.02 Å². The largest absolute Gasteiger partial charge is 0.324 e. The first-order valence-electron chi connectivity index (χ1n) is 8.48. The van der Waals surface area contributed by atoms with E-state index in [4.69, 9.17) is 11.6 Å². The van der Waals surface area contributed by atoms with Gasteiger partial charge in [0.05, 0.1) is 17.3 Å². The maximum Gasteiger partial charge on any atom is 0.156 e. The molecule has 2 atom stereocenters. The van der Waals surface area contributed by atoms with Gasteiger partial charge in [0.25, 0.3) is 0 Å². The highest BCUT2D eigenvalue weighted by Crippen LogP contribution is 2.36. The zero-order valence-corrected chi connectivity index (χ0v) is 16.3. The molecule has 2 unspecified atom stereocenters. The SMILES string of the molecule is CCS(=O)Nc1cccc2c1ccn2C(C#N)(CC)c1ccc(Cl)cc1. The topological polar surface area (TPSA) is 57.8 Å². The van der Waals surface area contributed by atoms with Gasteiger partial charge >= 0.3 is 0 Å². The van der Waals surface area contributed by atoms with Gasteiger partial charge in [-0.1, -0.05) is 43.6 Å². The summed E-state index contributed by atoms with van der Waals surface area (Å²) in [5, 5.41) is 11.7. The van der Waals surface area contributed by atoms with Crippen LogP contribution in [0, 0.1) is 11.3 Å². The zero-order valence-electron chi connectivity index (χ0n) is 14.7. The highest BCUT2D eigenvalue weighted by atomic mass is 35.5. The Labute approximate surface area is 161 Å². The van der Waals surface area contributed by atoms with Crippen molar-refractivity contribution < 1.29 is 4.21 Å². The fraction of sp³-hybridized carbons (Fsp3) is 0.250. The Morgan fingerprint density at radius 1 is 1.19 bits per heavy atom. The quantitative estimate of drug-likeness (QED) is 0.644. The molecule has 1 N–H and O–H groups in total. The van der Waals surface area contributed by atoms with Crippen LogP contribution in [0.15, 0.2) is 54.7 Å². The second kappa shape index (κ2) is 7.53. The van der Waals surface area contributed by atoms with E-state index >= 15 is 0 Å². The Morgan fingerprint density at radius 2 is 1.92 bits per heavy atom. The van der Waals surface area contributed by atoms with Crippen molar-refractivity contribution in [2.24, 2.45) is 0 Å². The van der Waals surface area contributed by atoms with E-state index in [2.05, 4.69) is 10.8 Å². The van der Waals surface area contributed by atoms with Crippen molar-refractivity contribution in [3.8, 4) is 6.07 Å². The molecular formula is C20H20ClN3OS. The fourth-order valence-electron chi connectivity index (χ4n) is 3.22. The van der Waals surface area contributed by atoms with Gasteiger partial charge in [-0.3, -0.25) is 0 Å². The van der Waals surface area contributed by atoms with Crippen LogP contribution in [0.1, 0.15) is 25.8 Å². The predicted molar refractivity (Wildman–Crippen MR) is 109 cm³/mol. The minimum atomic E-state index is -1.13. The Bertz CT molecular complexity index is 990. The summed E-state index contributed by atoms with van der Waals surface area (Å²) in [6.45, 7) is 3.87. The molecule has 1 aromatic heterocycles. The molecule has 134 valence electrons. The molecule has 26 heavy (non-hydrogen) atoms. The second-order valence-electron chi connectivity index (χ2n) is 5.99. The molecule has 0 aliphatic heterocycles. The molecule has 0 fully saturated rings. The monoisotopic (exact) mass is 385 g/mol. The Hall–Kier alpha value is -2.29. The maximum absolute atomic E-state index is 11.9. The molecule has 0 aliphatic carbocycles. The molecule has 0 amide bonds. The number of halogens is 1. The fourth-order valence-corrected chi connectivity index (χ4v) is 3.91. The number of aromatic nitrogens is 1. The number of benzene rings is 2. The van der Waals surface area contributed by atoms with E-state index in [1.807, 2.05) is 73.1 Å². The van der Waals surface area contributed by atoms with Gasteiger partial charge in [-0.05, 0) is 42.3 Å². The number of fused-ring (bicyclic) bond motifs is 1. The summed E-state index contributed by atoms with van der Waals surface area (Å²) in [5.41, 5.74) is 1.77. The summed E-state index contributed by atoms with van der Waals surface area (Å²) in [7, 11) is -1.13. The minimum absolute atomic E-state index is 0.527. The molecule has 0 radical (unpaired) electrons. The molecule has 0 saturated carbocycles. The van der Waals surface area contributed by atoms with E-state index in [9.17, 15) is 9.47 Å². The maximum atomic E-state index is 11.9. The van der Waals surface area contributed by atoms with Gasteiger partial charge in [-0.2, -0.15) is 5.26 Å². The van der Waals surface area contributed by atoms with Crippen molar-refractivity contribution in [2.45, 2.75) is 25.8 Å². The van der Waals surface area contributed by atoms with Gasteiger partial charge in [-0.15, -0.1) is 0 Å². The van der Waals surface area contributed by atoms with Crippen LogP contribution in [-0.2, 0) is 16.5 Å². The average molecular weight is 386 g/mol. The first kappa shape index (κ1) is 18.5. The number of hydrogen-bond acceptors (Lipinski definition) is 2. The molecule has 1 heterocycles. The summed E-state index contributed by atoms with van der Waals surface area (Å²) in [6, 6.07) is 17.7. The molecule has 2 aromatic carbocycles. The summed E-state index contributed by atoms with van der Waals surface area (Å²) in [6.07, 6.45) is 2.53. The van der Waals surface area contributed by atoms with Crippen molar-refractivity contribution in [3.63, 3.8) is 0 Å². The number of nitrogens with one attached hydrogen (secondary N) is 1. The lowest BCUT2D eigenvalue weighted by atomic mass is 9.88. The van der Waals surface area contributed by atoms with Gasteiger partial charge in [0, 0.05) is 22.4 Å². The van der Waals surface area contributed by atoms with Gasteiger partial charge in [0.2, 0.25) is 0 Å². The van der Waals surface area contributed by atoms with E-state index in [-0.39, 0.29) is 0 Å². The number of nitrogens with zero attached hydrogens (tertiary/aromatic N) is 2. The normalized spacial score (nSPS) is 14.5. The van der Waals surface area contributed by atoms with Crippen LogP contribution in [0.4, 0.5) is 5.69 Å². The molecular weight excluding hydrogens is 366 g/mol. The Balaban J connectivity index is 2.19. The van der Waals surface area contributed by atoms with E-state index in [0.717, 1.165) is 22.2 Å². The number of hydrogen-bond donors (Lipinski definition) is 1. The predicted octanol–water partition coefficient (Wildman–Crippen LogP) is 5.07. The third-order valence-electron chi connectivity index (χ3n) is 4.65. The molecule has 0 saturated heterocycles. The average Bonchev–Trinajstić information content (AvgIpc) is 3.10. The number of nitriles is 1. The van der Waals surface area contributed by atoms with Crippen molar-refractivity contribution in [2.75, 3.05) is 10.5 Å². The molecule has 0 aliphatic rings. The van der Waals surface area contributed by atoms with Crippen LogP contribution < -0.4 is 4.72 Å². The zero-order chi connectivity index (χ0) is 18.7. The Kier molecular flexibility index (Phi) is 5.36. The van der Waals surface area contributed by atoms with Gasteiger partial charge in [0.15, 0.2) is 5.54 Å². The molecule has 4 nitrogen and oxygen atoms in total. The molecule has 3 aromatic rings.